The number of benzene rings is 1. The first-order valence-electron chi connectivity index (χ1n) is 3.52. The maximum absolute atomic E-state index is 5.41. The molecule has 0 spiro atoms. The Kier molecular flexibility index (Phi) is 1.89. The fourth-order valence-electron chi connectivity index (χ4n) is 1.11. The van der Waals surface area contributed by atoms with Gasteiger partial charge in [0.2, 0.25) is 0 Å². The molecule has 0 radical (unpaired) electrons. The van der Waals surface area contributed by atoms with Crippen molar-refractivity contribution in [3.63, 3.8) is 0 Å². The topological polar surface area (TPSA) is 21.3 Å². The lowest BCUT2D eigenvalue weighted by Gasteiger charge is -2.18. The molecule has 1 aliphatic rings. The first-order chi connectivity index (χ1) is 5.36. The van der Waals surface area contributed by atoms with E-state index in [1.807, 2.05) is 12.1 Å². The summed E-state index contributed by atoms with van der Waals surface area (Å²) in [6, 6.07) is 6.14. The fourth-order valence-corrected chi connectivity index (χ4v) is 1.60. The van der Waals surface area contributed by atoms with Gasteiger partial charge in [0.15, 0.2) is 0 Å². The molecule has 11 heavy (non-hydrogen) atoms. The van der Waals surface area contributed by atoms with Crippen molar-refractivity contribution in [2.75, 3.05) is 18.5 Å². The molecule has 3 heteroatoms. The molecule has 0 amide bonds. The van der Waals surface area contributed by atoms with Gasteiger partial charge in [0.25, 0.3) is 0 Å². The van der Waals surface area contributed by atoms with Crippen LogP contribution < -0.4 is 10.1 Å². The zero-order valence-electron chi connectivity index (χ0n) is 5.93. The van der Waals surface area contributed by atoms with Crippen LogP contribution in [0.25, 0.3) is 0 Å². The largest absolute Gasteiger partial charge is 0.490 e. The van der Waals surface area contributed by atoms with E-state index in [1.54, 1.807) is 0 Å². The highest BCUT2D eigenvalue weighted by Crippen LogP contribution is 2.28. The van der Waals surface area contributed by atoms with Gasteiger partial charge in [-0.25, -0.2) is 0 Å². The molecule has 0 fully saturated rings. The van der Waals surface area contributed by atoms with Crippen molar-refractivity contribution in [3.8, 4) is 5.75 Å². The van der Waals surface area contributed by atoms with Crippen molar-refractivity contribution in [3.05, 3.63) is 21.8 Å². The molecule has 0 saturated carbocycles. The van der Waals surface area contributed by atoms with Crippen LogP contribution in [0.3, 0.4) is 0 Å². The fraction of sp³-hybridized carbons (Fsp3) is 0.250. The van der Waals surface area contributed by atoms with Crippen molar-refractivity contribution in [1.82, 2.24) is 0 Å². The van der Waals surface area contributed by atoms with E-state index in [0.29, 0.717) is 0 Å². The molecule has 1 aromatic rings. The van der Waals surface area contributed by atoms with Gasteiger partial charge in [0, 0.05) is 10.1 Å². The molecule has 1 N–H and O–H groups in total. The van der Waals surface area contributed by atoms with E-state index < -0.39 is 0 Å². The highest BCUT2D eigenvalue weighted by molar-refractivity contribution is 14.1. The third kappa shape index (κ3) is 1.42. The Hall–Kier alpha value is -0.450. The molecule has 58 valence electrons. The van der Waals surface area contributed by atoms with Gasteiger partial charge in [0.1, 0.15) is 12.4 Å². The SMILES string of the molecule is Ic1ccc2c(c1)NCCO2. The molecular weight excluding hydrogens is 253 g/mol. The summed E-state index contributed by atoms with van der Waals surface area (Å²) in [5.41, 5.74) is 1.11. The minimum atomic E-state index is 0.771. The summed E-state index contributed by atoms with van der Waals surface area (Å²) in [7, 11) is 0. The van der Waals surface area contributed by atoms with Gasteiger partial charge in [0.05, 0.1) is 5.69 Å². The summed E-state index contributed by atoms with van der Waals surface area (Å²) in [4.78, 5) is 0. The summed E-state index contributed by atoms with van der Waals surface area (Å²) >= 11 is 2.29. The maximum Gasteiger partial charge on any atom is 0.142 e. The zero-order valence-corrected chi connectivity index (χ0v) is 8.09. The highest BCUT2D eigenvalue weighted by atomic mass is 127. The molecule has 0 saturated heterocycles. The lowest BCUT2D eigenvalue weighted by molar-refractivity contribution is 0.323. The third-order valence-corrected chi connectivity index (χ3v) is 2.29. The van der Waals surface area contributed by atoms with E-state index in [9.17, 15) is 0 Å². The predicted octanol–water partition coefficient (Wildman–Crippen LogP) is 2.10. The van der Waals surface area contributed by atoms with Crippen LogP contribution in [0.1, 0.15) is 0 Å². The van der Waals surface area contributed by atoms with Crippen molar-refractivity contribution in [2.24, 2.45) is 0 Å². The van der Waals surface area contributed by atoms with Gasteiger partial charge in [-0.15, -0.1) is 0 Å². The minimum Gasteiger partial charge on any atom is -0.490 e. The monoisotopic (exact) mass is 261 g/mol. The van der Waals surface area contributed by atoms with Gasteiger partial charge in [-0.05, 0) is 40.8 Å². The van der Waals surface area contributed by atoms with E-state index in [1.165, 1.54) is 3.57 Å². The second-order valence-corrected chi connectivity index (χ2v) is 3.66. The Balaban J connectivity index is 2.43. The Labute approximate surface area is 79.1 Å². The van der Waals surface area contributed by atoms with E-state index in [2.05, 4.69) is 34.0 Å². The third-order valence-electron chi connectivity index (χ3n) is 1.62. The first kappa shape index (κ1) is 7.21. The molecule has 0 atom stereocenters. The Morgan fingerprint density at radius 3 is 3.27 bits per heavy atom. The number of nitrogens with one attached hydrogen (secondary N) is 1. The van der Waals surface area contributed by atoms with Crippen LogP contribution in [0.15, 0.2) is 18.2 Å². The average molecular weight is 261 g/mol. The van der Waals surface area contributed by atoms with Crippen LogP contribution in [-0.2, 0) is 0 Å². The molecule has 0 aromatic heterocycles. The molecule has 2 nitrogen and oxygen atoms in total. The van der Waals surface area contributed by atoms with Crippen LogP contribution in [0, 0.1) is 3.57 Å². The molecule has 1 heterocycles. The predicted molar refractivity (Wildman–Crippen MR) is 53.1 cm³/mol. The summed E-state index contributed by atoms with van der Waals surface area (Å²) in [6.07, 6.45) is 0. The smallest absolute Gasteiger partial charge is 0.142 e. The van der Waals surface area contributed by atoms with E-state index in [0.717, 1.165) is 24.6 Å². The molecule has 0 aliphatic carbocycles. The summed E-state index contributed by atoms with van der Waals surface area (Å²) in [5.74, 6) is 0.969. The van der Waals surface area contributed by atoms with E-state index in [4.69, 9.17) is 4.74 Å². The van der Waals surface area contributed by atoms with Crippen molar-refractivity contribution in [2.45, 2.75) is 0 Å². The summed E-state index contributed by atoms with van der Waals surface area (Å²) < 4.78 is 6.65. The van der Waals surface area contributed by atoms with Crippen molar-refractivity contribution >= 4 is 28.3 Å². The van der Waals surface area contributed by atoms with Crippen LogP contribution in [0.4, 0.5) is 5.69 Å². The second-order valence-electron chi connectivity index (χ2n) is 2.42. The zero-order chi connectivity index (χ0) is 7.68. The minimum absolute atomic E-state index is 0.771. The van der Waals surface area contributed by atoms with Gasteiger partial charge in [-0.1, -0.05) is 0 Å². The Morgan fingerprint density at radius 2 is 2.36 bits per heavy atom. The molecule has 1 aromatic carbocycles. The Bertz CT molecular complexity index is 275. The molecular formula is C8H8INO. The van der Waals surface area contributed by atoms with Crippen molar-refractivity contribution in [1.29, 1.82) is 0 Å². The van der Waals surface area contributed by atoms with Gasteiger partial charge >= 0.3 is 0 Å². The molecule has 0 unspecified atom stereocenters. The Morgan fingerprint density at radius 1 is 1.45 bits per heavy atom. The van der Waals surface area contributed by atoms with Crippen molar-refractivity contribution < 1.29 is 4.74 Å². The number of halogens is 1. The number of ether oxygens (including phenoxy) is 1. The quantitative estimate of drug-likeness (QED) is 0.722. The van der Waals surface area contributed by atoms with E-state index in [-0.39, 0.29) is 0 Å². The van der Waals surface area contributed by atoms with Crippen LogP contribution in [-0.4, -0.2) is 13.2 Å². The van der Waals surface area contributed by atoms with E-state index >= 15 is 0 Å². The van der Waals surface area contributed by atoms with Gasteiger partial charge in [-0.3, -0.25) is 0 Å². The molecule has 1 aliphatic heterocycles. The second kappa shape index (κ2) is 2.89. The lowest BCUT2D eigenvalue weighted by atomic mass is 10.2. The van der Waals surface area contributed by atoms with Crippen LogP contribution in [0.5, 0.6) is 5.75 Å². The number of rotatable bonds is 0. The summed E-state index contributed by atoms with van der Waals surface area (Å²) in [6.45, 7) is 1.68. The molecule has 2 rings (SSSR count). The number of hydrogen-bond donors (Lipinski definition) is 1. The standard InChI is InChI=1S/C8H8INO/c9-6-1-2-8-7(5-6)10-3-4-11-8/h1-2,5,10H,3-4H2. The van der Waals surface area contributed by atoms with Crippen LogP contribution >= 0.6 is 22.6 Å². The molecule has 0 bridgehead atoms. The maximum atomic E-state index is 5.41. The van der Waals surface area contributed by atoms with Gasteiger partial charge < -0.3 is 10.1 Å². The number of hydrogen-bond acceptors (Lipinski definition) is 2. The van der Waals surface area contributed by atoms with Crippen LogP contribution in [0.2, 0.25) is 0 Å². The lowest BCUT2D eigenvalue weighted by Crippen LogP contribution is -2.17. The average Bonchev–Trinajstić information content (AvgIpc) is 2.04. The highest BCUT2D eigenvalue weighted by Gasteiger charge is 2.07. The normalized spacial score (nSPS) is 14.6. The number of anilines is 1. The number of fused-ring (bicyclic) bond motifs is 1. The first-order valence-corrected chi connectivity index (χ1v) is 4.60. The summed E-state index contributed by atoms with van der Waals surface area (Å²) in [5, 5.41) is 3.27. The van der Waals surface area contributed by atoms with Gasteiger partial charge in [-0.2, -0.15) is 0 Å².